The number of anilines is 1. The van der Waals surface area contributed by atoms with Crippen molar-refractivity contribution in [2.24, 2.45) is 5.41 Å². The first-order chi connectivity index (χ1) is 18.0. The van der Waals surface area contributed by atoms with Crippen LogP contribution in [0.25, 0.3) is 11.3 Å². The second kappa shape index (κ2) is 11.6. The monoisotopic (exact) mass is 525 g/mol. The van der Waals surface area contributed by atoms with Crippen LogP contribution in [0.2, 0.25) is 0 Å². The average molecular weight is 526 g/mol. The van der Waals surface area contributed by atoms with Crippen LogP contribution in [-0.4, -0.2) is 71.5 Å². The Hall–Kier alpha value is -3.40. The first-order valence-corrected chi connectivity index (χ1v) is 13.2. The number of nitrogens with one attached hydrogen (secondary N) is 2. The molecule has 0 saturated carbocycles. The van der Waals surface area contributed by atoms with E-state index >= 15 is 0 Å². The van der Waals surface area contributed by atoms with Gasteiger partial charge in [0, 0.05) is 36.7 Å². The molecule has 0 aliphatic carbocycles. The van der Waals surface area contributed by atoms with Crippen molar-refractivity contribution in [3.63, 3.8) is 0 Å². The van der Waals surface area contributed by atoms with Gasteiger partial charge in [0.05, 0.1) is 31.3 Å². The third-order valence-electron chi connectivity index (χ3n) is 6.63. The topological polar surface area (TPSA) is 115 Å². The smallest absolute Gasteiger partial charge is 0.410 e. The Bertz CT molecular complexity index is 1140. The predicted molar refractivity (Wildman–Crippen MR) is 144 cm³/mol. The van der Waals surface area contributed by atoms with E-state index in [9.17, 15) is 9.59 Å². The second-order valence-corrected chi connectivity index (χ2v) is 11.5. The Morgan fingerprint density at radius 3 is 2.79 bits per heavy atom. The highest BCUT2D eigenvalue weighted by Gasteiger charge is 2.31. The fourth-order valence-electron chi connectivity index (χ4n) is 4.54. The van der Waals surface area contributed by atoms with Crippen LogP contribution in [-0.2, 0) is 9.47 Å². The van der Waals surface area contributed by atoms with E-state index in [-0.39, 0.29) is 17.6 Å². The second-order valence-electron chi connectivity index (χ2n) is 11.5. The third-order valence-corrected chi connectivity index (χ3v) is 6.63. The molecule has 1 aromatic carbocycles. The molecule has 2 aliphatic heterocycles. The summed E-state index contributed by atoms with van der Waals surface area (Å²) in [5.74, 6) is 1.17. The van der Waals surface area contributed by atoms with Crippen LogP contribution >= 0.6 is 0 Å². The Balaban J connectivity index is 1.33. The lowest BCUT2D eigenvalue weighted by atomic mass is 9.91. The summed E-state index contributed by atoms with van der Waals surface area (Å²) >= 11 is 0. The summed E-state index contributed by atoms with van der Waals surface area (Å²) in [5, 5.41) is 5.71. The zero-order chi connectivity index (χ0) is 27.3. The van der Waals surface area contributed by atoms with Crippen LogP contribution < -0.4 is 15.4 Å². The van der Waals surface area contributed by atoms with E-state index in [4.69, 9.17) is 14.2 Å². The molecule has 3 amide bonds. The molecular formula is C28H39N5O5. The SMILES string of the molecule is Cc1cc(-c2cncc(NC(=O)N[C@H]3CCCN(C(=O)OC(C)(C)C)C3)n2)ccc1OC[C@@]1(C)CCOC1. The van der Waals surface area contributed by atoms with Gasteiger partial charge in [-0.25, -0.2) is 14.6 Å². The molecule has 0 unspecified atom stereocenters. The van der Waals surface area contributed by atoms with Crippen molar-refractivity contribution in [2.75, 3.05) is 38.2 Å². The summed E-state index contributed by atoms with van der Waals surface area (Å²) in [6.07, 6.45) is 5.36. The highest BCUT2D eigenvalue weighted by atomic mass is 16.6. The van der Waals surface area contributed by atoms with Gasteiger partial charge in [0.1, 0.15) is 11.4 Å². The van der Waals surface area contributed by atoms with Crippen molar-refractivity contribution in [3.8, 4) is 17.0 Å². The summed E-state index contributed by atoms with van der Waals surface area (Å²) in [6.45, 7) is 12.8. The van der Waals surface area contributed by atoms with E-state index in [1.54, 1.807) is 11.1 Å². The average Bonchev–Trinajstić information content (AvgIpc) is 3.29. The Kier molecular flexibility index (Phi) is 8.40. The molecule has 3 heterocycles. The van der Waals surface area contributed by atoms with Crippen LogP contribution in [0.4, 0.5) is 15.4 Å². The largest absolute Gasteiger partial charge is 0.493 e. The number of amides is 3. The fraction of sp³-hybridized carbons (Fsp3) is 0.571. The number of ether oxygens (including phenoxy) is 3. The van der Waals surface area contributed by atoms with E-state index in [1.165, 1.54) is 6.20 Å². The van der Waals surface area contributed by atoms with Gasteiger partial charge in [0.2, 0.25) is 0 Å². The summed E-state index contributed by atoms with van der Waals surface area (Å²) in [4.78, 5) is 35.6. The van der Waals surface area contributed by atoms with Gasteiger partial charge in [-0.2, -0.15) is 0 Å². The number of piperidine rings is 1. The highest BCUT2D eigenvalue weighted by Crippen LogP contribution is 2.31. The van der Waals surface area contributed by atoms with Gasteiger partial charge in [-0.15, -0.1) is 0 Å². The minimum atomic E-state index is -0.562. The molecule has 0 radical (unpaired) electrons. The lowest BCUT2D eigenvalue weighted by Crippen LogP contribution is -2.51. The maximum Gasteiger partial charge on any atom is 0.410 e. The van der Waals surface area contributed by atoms with Crippen molar-refractivity contribution in [1.29, 1.82) is 0 Å². The molecule has 206 valence electrons. The molecule has 2 atom stereocenters. The van der Waals surface area contributed by atoms with Gasteiger partial charge in [0.15, 0.2) is 5.82 Å². The van der Waals surface area contributed by atoms with E-state index in [2.05, 4.69) is 27.5 Å². The lowest BCUT2D eigenvalue weighted by molar-refractivity contribution is 0.0191. The van der Waals surface area contributed by atoms with Crippen LogP contribution in [0.3, 0.4) is 0 Å². The molecule has 10 heteroatoms. The molecule has 38 heavy (non-hydrogen) atoms. The van der Waals surface area contributed by atoms with Gasteiger partial charge >= 0.3 is 12.1 Å². The minimum absolute atomic E-state index is 0.0444. The minimum Gasteiger partial charge on any atom is -0.493 e. The third kappa shape index (κ3) is 7.56. The molecule has 2 aliphatic rings. The van der Waals surface area contributed by atoms with Crippen LogP contribution in [0.5, 0.6) is 5.75 Å². The molecule has 2 saturated heterocycles. The number of hydrogen-bond donors (Lipinski definition) is 2. The maximum absolute atomic E-state index is 12.7. The molecule has 2 aromatic rings. The first kappa shape index (κ1) is 27.6. The molecule has 0 bridgehead atoms. The van der Waals surface area contributed by atoms with Gasteiger partial charge in [0.25, 0.3) is 0 Å². The summed E-state index contributed by atoms with van der Waals surface area (Å²) < 4.78 is 17.1. The number of aryl methyl sites for hydroxylation is 1. The summed E-state index contributed by atoms with van der Waals surface area (Å²) in [6, 6.07) is 5.32. The predicted octanol–water partition coefficient (Wildman–Crippen LogP) is 4.78. The molecule has 1 aromatic heterocycles. The molecule has 2 fully saturated rings. The number of urea groups is 1. The number of rotatable bonds is 6. The maximum atomic E-state index is 12.7. The number of nitrogens with zero attached hydrogens (tertiary/aromatic N) is 3. The van der Waals surface area contributed by atoms with Crippen LogP contribution in [0, 0.1) is 12.3 Å². The van der Waals surface area contributed by atoms with Gasteiger partial charge < -0.3 is 24.4 Å². The molecule has 10 nitrogen and oxygen atoms in total. The Morgan fingerprint density at radius 1 is 1.26 bits per heavy atom. The van der Waals surface area contributed by atoms with Crippen molar-refractivity contribution in [2.45, 2.75) is 65.5 Å². The van der Waals surface area contributed by atoms with Crippen LogP contribution in [0.1, 0.15) is 52.5 Å². The van der Waals surface area contributed by atoms with Crippen molar-refractivity contribution < 1.29 is 23.8 Å². The number of benzene rings is 1. The zero-order valence-electron chi connectivity index (χ0n) is 23.0. The fourth-order valence-corrected chi connectivity index (χ4v) is 4.54. The van der Waals surface area contributed by atoms with E-state index in [0.29, 0.717) is 31.2 Å². The number of likely N-dealkylation sites (tertiary alicyclic amines) is 1. The van der Waals surface area contributed by atoms with E-state index in [0.717, 1.165) is 49.4 Å². The standard InChI is InChI=1S/C28H39N5O5/c1-19-13-20(8-9-23(19)37-18-28(5)10-12-36-17-28)22-14-29-15-24(31-22)32-25(34)30-21-7-6-11-33(16-21)26(35)38-27(2,3)4/h8-9,13-15,21H,6-7,10-12,16-18H2,1-5H3,(H2,30,31,32,34)/t21-,28-/m0/s1. The first-order valence-electron chi connectivity index (χ1n) is 13.2. The Morgan fingerprint density at radius 2 is 2.08 bits per heavy atom. The van der Waals surface area contributed by atoms with Gasteiger partial charge in [-0.3, -0.25) is 10.3 Å². The zero-order valence-corrected chi connectivity index (χ0v) is 23.0. The number of carbonyl (C=O) groups is 2. The quantitative estimate of drug-likeness (QED) is 0.558. The lowest BCUT2D eigenvalue weighted by Gasteiger charge is -2.34. The highest BCUT2D eigenvalue weighted by molar-refractivity contribution is 5.88. The summed E-state index contributed by atoms with van der Waals surface area (Å²) in [5.41, 5.74) is 2.00. The van der Waals surface area contributed by atoms with E-state index in [1.807, 2.05) is 45.9 Å². The normalized spacial score (nSPS) is 21.6. The summed E-state index contributed by atoms with van der Waals surface area (Å²) in [7, 11) is 0. The van der Waals surface area contributed by atoms with Gasteiger partial charge in [-0.1, -0.05) is 6.92 Å². The molecule has 2 N–H and O–H groups in total. The molecule has 4 rings (SSSR count). The van der Waals surface area contributed by atoms with Crippen molar-refractivity contribution >= 4 is 17.9 Å². The molecule has 0 spiro atoms. The number of carbonyl (C=O) groups excluding carboxylic acids is 2. The van der Waals surface area contributed by atoms with Gasteiger partial charge in [-0.05, 0) is 70.7 Å². The molecular weight excluding hydrogens is 486 g/mol. The van der Waals surface area contributed by atoms with E-state index < -0.39 is 11.6 Å². The van der Waals surface area contributed by atoms with Crippen LogP contribution in [0.15, 0.2) is 30.6 Å². The number of hydrogen-bond acceptors (Lipinski definition) is 7. The number of aromatic nitrogens is 2. The van der Waals surface area contributed by atoms with Crippen molar-refractivity contribution in [1.82, 2.24) is 20.2 Å². The Labute approximate surface area is 224 Å². The van der Waals surface area contributed by atoms with Crippen molar-refractivity contribution in [3.05, 3.63) is 36.2 Å².